The molecule has 1 N–H and O–H groups in total. The van der Waals surface area contributed by atoms with Crippen LogP contribution in [-0.4, -0.2) is 51.4 Å². The van der Waals surface area contributed by atoms with Crippen LogP contribution in [0.5, 0.6) is 5.75 Å². The summed E-state index contributed by atoms with van der Waals surface area (Å²) >= 11 is 0. The fourth-order valence-corrected chi connectivity index (χ4v) is 6.17. The number of anilines is 1. The van der Waals surface area contributed by atoms with E-state index < -0.39 is 40.2 Å². The van der Waals surface area contributed by atoms with Gasteiger partial charge in [0.25, 0.3) is 10.0 Å². The highest BCUT2D eigenvalue weighted by molar-refractivity contribution is 7.92. The number of amides is 2. The smallest absolute Gasteiger partial charge is 0.264 e. The number of sulfonamides is 1. The number of carbonyl (C=O) groups excluding carboxylic acids is 2. The van der Waals surface area contributed by atoms with Gasteiger partial charge in [-0.2, -0.15) is 0 Å². The Kier molecular flexibility index (Phi) is 11.1. The number of halogens is 1. The minimum Gasteiger partial charge on any atom is -0.497 e. The Morgan fingerprint density at radius 2 is 1.55 bits per heavy atom. The van der Waals surface area contributed by atoms with Gasteiger partial charge < -0.3 is 15.0 Å². The highest BCUT2D eigenvalue weighted by Gasteiger charge is 2.35. The van der Waals surface area contributed by atoms with Crippen LogP contribution < -0.4 is 14.4 Å². The van der Waals surface area contributed by atoms with Crippen molar-refractivity contribution in [3.05, 3.63) is 126 Å². The Bertz CT molecular complexity index is 1650. The Balaban J connectivity index is 1.81. The van der Waals surface area contributed by atoms with Crippen molar-refractivity contribution in [2.24, 2.45) is 0 Å². The van der Waals surface area contributed by atoms with Gasteiger partial charge in [0.1, 0.15) is 24.2 Å². The number of nitrogens with zero attached hydrogens (tertiary/aromatic N) is 2. The van der Waals surface area contributed by atoms with Crippen molar-refractivity contribution in [2.45, 2.75) is 37.2 Å². The van der Waals surface area contributed by atoms with Crippen LogP contribution >= 0.6 is 0 Å². The summed E-state index contributed by atoms with van der Waals surface area (Å²) in [6.07, 6.45) is 0.811. The van der Waals surface area contributed by atoms with Crippen molar-refractivity contribution in [3.63, 3.8) is 0 Å². The normalized spacial score (nSPS) is 11.8. The minimum atomic E-state index is -4.25. The molecule has 4 aromatic carbocycles. The summed E-state index contributed by atoms with van der Waals surface area (Å²) in [5.74, 6) is -1.24. The molecule has 0 fully saturated rings. The number of methoxy groups -OCH3 is 1. The number of nitrogens with one attached hydrogen (secondary N) is 1. The average molecular weight is 618 g/mol. The van der Waals surface area contributed by atoms with Gasteiger partial charge in [-0.15, -0.1) is 0 Å². The fourth-order valence-electron chi connectivity index (χ4n) is 4.74. The SMILES string of the molecule is CCCNC(=O)[C@@H](Cc1ccccc1)N(Cc1ccccc1F)C(=O)CN(c1cccc(OC)c1)S(=O)(=O)c1ccccc1. The second-order valence-corrected chi connectivity index (χ2v) is 12.0. The number of ether oxygens (including phenoxy) is 1. The van der Waals surface area contributed by atoms with E-state index in [0.29, 0.717) is 18.7 Å². The third kappa shape index (κ3) is 8.02. The summed E-state index contributed by atoms with van der Waals surface area (Å²) in [6.45, 7) is 1.39. The van der Waals surface area contributed by atoms with Crippen LogP contribution in [0.15, 0.2) is 114 Å². The maximum Gasteiger partial charge on any atom is 0.264 e. The van der Waals surface area contributed by atoms with Gasteiger partial charge in [0, 0.05) is 31.1 Å². The molecule has 2 amide bonds. The first-order valence-electron chi connectivity index (χ1n) is 14.3. The first-order chi connectivity index (χ1) is 21.2. The van der Waals surface area contributed by atoms with Gasteiger partial charge >= 0.3 is 0 Å². The Morgan fingerprint density at radius 3 is 2.20 bits per heavy atom. The summed E-state index contributed by atoms with van der Waals surface area (Å²) in [4.78, 5) is 29.3. The molecule has 44 heavy (non-hydrogen) atoms. The van der Waals surface area contributed by atoms with Gasteiger partial charge in [-0.25, -0.2) is 12.8 Å². The zero-order chi connectivity index (χ0) is 31.5. The molecule has 0 aliphatic heterocycles. The lowest BCUT2D eigenvalue weighted by molar-refractivity contribution is -0.140. The quantitative estimate of drug-likeness (QED) is 0.210. The predicted octanol–water partition coefficient (Wildman–Crippen LogP) is 5.20. The van der Waals surface area contributed by atoms with Crippen molar-refractivity contribution < 1.29 is 27.1 Å². The summed E-state index contributed by atoms with van der Waals surface area (Å²) in [6, 6.07) is 28.3. The van der Waals surface area contributed by atoms with Crippen molar-refractivity contribution in [3.8, 4) is 5.75 Å². The van der Waals surface area contributed by atoms with E-state index in [1.165, 1.54) is 42.3 Å². The molecule has 0 saturated heterocycles. The summed E-state index contributed by atoms with van der Waals surface area (Å²) in [5, 5.41) is 2.87. The highest BCUT2D eigenvalue weighted by Crippen LogP contribution is 2.28. The number of carbonyl (C=O) groups is 2. The van der Waals surface area contributed by atoms with Crippen LogP contribution in [0.4, 0.5) is 10.1 Å². The molecule has 4 aromatic rings. The first kappa shape index (κ1) is 32.2. The van der Waals surface area contributed by atoms with Gasteiger partial charge in [0.15, 0.2) is 0 Å². The van der Waals surface area contributed by atoms with Gasteiger partial charge in [0.2, 0.25) is 11.8 Å². The summed E-state index contributed by atoms with van der Waals surface area (Å²) in [5.41, 5.74) is 1.18. The van der Waals surface area contributed by atoms with Crippen LogP contribution in [-0.2, 0) is 32.6 Å². The molecule has 1 atom stereocenters. The molecule has 0 radical (unpaired) electrons. The van der Waals surface area contributed by atoms with Crippen molar-refractivity contribution >= 4 is 27.5 Å². The maximum atomic E-state index is 15.0. The predicted molar refractivity (Wildman–Crippen MR) is 168 cm³/mol. The highest BCUT2D eigenvalue weighted by atomic mass is 32.2. The Labute approximate surface area is 258 Å². The molecule has 230 valence electrons. The van der Waals surface area contributed by atoms with E-state index in [9.17, 15) is 22.4 Å². The first-order valence-corrected chi connectivity index (χ1v) is 15.7. The van der Waals surface area contributed by atoms with Crippen molar-refractivity contribution in [1.29, 1.82) is 0 Å². The monoisotopic (exact) mass is 617 g/mol. The molecular weight excluding hydrogens is 581 g/mol. The van der Waals surface area contributed by atoms with Gasteiger partial charge in [-0.05, 0) is 42.3 Å². The largest absolute Gasteiger partial charge is 0.497 e. The molecule has 0 aromatic heterocycles. The average Bonchev–Trinajstić information content (AvgIpc) is 3.05. The van der Waals surface area contributed by atoms with Crippen molar-refractivity contribution in [1.82, 2.24) is 10.2 Å². The summed E-state index contributed by atoms with van der Waals surface area (Å²) in [7, 11) is -2.79. The second kappa shape index (κ2) is 15.2. The molecule has 8 nitrogen and oxygen atoms in total. The van der Waals surface area contributed by atoms with Crippen molar-refractivity contribution in [2.75, 3.05) is 24.5 Å². The van der Waals surface area contributed by atoms with Crippen LogP contribution in [0.2, 0.25) is 0 Å². The van der Waals surface area contributed by atoms with E-state index in [2.05, 4.69) is 5.32 Å². The van der Waals surface area contributed by atoms with Crippen LogP contribution in [0, 0.1) is 5.82 Å². The lowest BCUT2D eigenvalue weighted by Crippen LogP contribution is -2.53. The number of rotatable bonds is 14. The molecule has 4 rings (SSSR count). The van der Waals surface area contributed by atoms with E-state index in [1.807, 2.05) is 37.3 Å². The van der Waals surface area contributed by atoms with Crippen LogP contribution in [0.3, 0.4) is 0 Å². The molecule has 0 saturated carbocycles. The number of hydrogen-bond donors (Lipinski definition) is 1. The lowest BCUT2D eigenvalue weighted by atomic mass is 10.0. The van der Waals surface area contributed by atoms with E-state index in [4.69, 9.17) is 4.74 Å². The third-order valence-electron chi connectivity index (χ3n) is 7.07. The molecule has 0 bridgehead atoms. The molecule has 10 heteroatoms. The maximum absolute atomic E-state index is 15.0. The second-order valence-electron chi connectivity index (χ2n) is 10.1. The fraction of sp³-hybridized carbons (Fsp3) is 0.235. The minimum absolute atomic E-state index is 0.0159. The van der Waals surface area contributed by atoms with Gasteiger partial charge in [-0.1, -0.05) is 79.7 Å². The third-order valence-corrected chi connectivity index (χ3v) is 8.86. The van der Waals surface area contributed by atoms with E-state index in [-0.39, 0.29) is 29.1 Å². The number of benzene rings is 4. The molecular formula is C34H36FN3O5S. The van der Waals surface area contributed by atoms with E-state index >= 15 is 0 Å². The molecule has 0 aliphatic carbocycles. The van der Waals surface area contributed by atoms with E-state index in [1.54, 1.807) is 48.5 Å². The molecule has 0 spiro atoms. The molecule has 0 unspecified atom stereocenters. The van der Waals surface area contributed by atoms with Crippen LogP contribution in [0.25, 0.3) is 0 Å². The van der Waals surface area contributed by atoms with Crippen LogP contribution in [0.1, 0.15) is 24.5 Å². The zero-order valence-corrected chi connectivity index (χ0v) is 25.5. The Hall–Kier alpha value is -4.70. The zero-order valence-electron chi connectivity index (χ0n) is 24.7. The van der Waals surface area contributed by atoms with E-state index in [0.717, 1.165) is 9.87 Å². The Morgan fingerprint density at radius 1 is 0.886 bits per heavy atom. The summed E-state index contributed by atoms with van der Waals surface area (Å²) < 4.78 is 49.3. The lowest BCUT2D eigenvalue weighted by Gasteiger charge is -2.34. The number of hydrogen-bond acceptors (Lipinski definition) is 5. The topological polar surface area (TPSA) is 96.0 Å². The molecule has 0 heterocycles. The standard InChI is InChI=1S/C34H36FN3O5S/c1-3-21-36-34(40)32(22-26-13-6-4-7-14-26)37(24-27-15-10-11-20-31(27)35)33(39)25-38(28-16-12-17-29(23-28)43-2)44(41,42)30-18-8-5-9-19-30/h4-20,23,32H,3,21-22,24-25H2,1-2H3,(H,36,40)/t32-/m1/s1. The van der Waals surface area contributed by atoms with Gasteiger partial charge in [-0.3, -0.25) is 13.9 Å². The molecule has 0 aliphatic rings. The van der Waals surface area contributed by atoms with Gasteiger partial charge in [0.05, 0.1) is 17.7 Å².